The molecule has 1 aliphatic rings. The smallest absolute Gasteiger partial charge is 0.408 e. The summed E-state index contributed by atoms with van der Waals surface area (Å²) in [6.45, 7) is 7.77. The molecule has 0 aliphatic heterocycles. The zero-order valence-electron chi connectivity index (χ0n) is 27.4. The predicted molar refractivity (Wildman–Crippen MR) is 178 cm³/mol. The molecule has 2 atom stereocenters. The number of carbonyl (C=O) groups is 3. The third-order valence-electron chi connectivity index (χ3n) is 8.06. The molecule has 2 unspecified atom stereocenters. The van der Waals surface area contributed by atoms with E-state index in [9.17, 15) is 19.5 Å². The highest BCUT2D eigenvalue weighted by atomic mass is 16.6. The number of alkyl carbamates (subject to hydrolysis) is 1. The van der Waals surface area contributed by atoms with Gasteiger partial charge in [-0.1, -0.05) is 82.1 Å². The van der Waals surface area contributed by atoms with E-state index >= 15 is 0 Å². The van der Waals surface area contributed by atoms with Crippen LogP contribution in [-0.4, -0.2) is 52.1 Å². The Kier molecular flexibility index (Phi) is 13.8. The lowest BCUT2D eigenvalue weighted by molar-refractivity contribution is -0.143. The molecule has 3 rings (SSSR count). The summed E-state index contributed by atoms with van der Waals surface area (Å²) in [5, 5.41) is 15.9. The van der Waals surface area contributed by atoms with Crippen molar-refractivity contribution < 1.29 is 24.2 Å². The number of nitrogens with one attached hydrogen (secondary N) is 2. The number of rotatable bonds is 14. The maximum atomic E-state index is 14.7. The van der Waals surface area contributed by atoms with E-state index < -0.39 is 23.8 Å². The monoisotopic (exact) mass is 617 g/mol. The topological polar surface area (TPSA) is 108 Å². The molecule has 8 heteroatoms. The molecular formula is C37H51N3O5. The normalized spacial score (nSPS) is 14.9. The Balaban J connectivity index is 2.03. The van der Waals surface area contributed by atoms with Crippen LogP contribution in [0.25, 0.3) is 0 Å². The molecule has 0 bridgehead atoms. The largest absolute Gasteiger partial charge is 0.508 e. The summed E-state index contributed by atoms with van der Waals surface area (Å²) in [5.41, 5.74) is 1.31. The molecule has 244 valence electrons. The number of ether oxygens (including phenoxy) is 1. The van der Waals surface area contributed by atoms with E-state index in [1.807, 2.05) is 12.1 Å². The van der Waals surface area contributed by atoms with E-state index in [1.165, 1.54) is 0 Å². The van der Waals surface area contributed by atoms with E-state index in [2.05, 4.69) is 23.5 Å². The van der Waals surface area contributed by atoms with Gasteiger partial charge in [-0.15, -0.1) is 6.42 Å². The Labute approximate surface area is 269 Å². The molecule has 0 saturated heterocycles. The van der Waals surface area contributed by atoms with Gasteiger partial charge in [-0.05, 0) is 75.4 Å². The van der Waals surface area contributed by atoms with Gasteiger partial charge in [0.25, 0.3) is 0 Å². The molecule has 45 heavy (non-hydrogen) atoms. The second kappa shape index (κ2) is 17.5. The molecule has 0 heterocycles. The van der Waals surface area contributed by atoms with Gasteiger partial charge < -0.3 is 25.4 Å². The van der Waals surface area contributed by atoms with Gasteiger partial charge in [0.15, 0.2) is 0 Å². The minimum absolute atomic E-state index is 0.0490. The lowest BCUT2D eigenvalue weighted by atomic mass is 9.94. The first kappa shape index (κ1) is 35.5. The average Bonchev–Trinajstić information content (AvgIpc) is 3.00. The van der Waals surface area contributed by atoms with Crippen molar-refractivity contribution >= 4 is 17.9 Å². The van der Waals surface area contributed by atoms with Crippen LogP contribution in [0, 0.1) is 12.3 Å². The van der Waals surface area contributed by atoms with Gasteiger partial charge in [0.1, 0.15) is 23.4 Å². The quantitative estimate of drug-likeness (QED) is 0.160. The molecule has 3 N–H and O–H groups in total. The Morgan fingerprint density at radius 3 is 2.22 bits per heavy atom. The van der Waals surface area contributed by atoms with E-state index in [1.54, 1.807) is 62.1 Å². The summed E-state index contributed by atoms with van der Waals surface area (Å²) < 4.78 is 5.54. The lowest BCUT2D eigenvalue weighted by Crippen LogP contribution is -2.54. The van der Waals surface area contributed by atoms with E-state index in [4.69, 9.17) is 11.2 Å². The molecule has 0 spiro atoms. The van der Waals surface area contributed by atoms with Gasteiger partial charge in [0.05, 0.1) is 0 Å². The standard InChI is InChI=1S/C37H51N3O5/c1-6-8-9-10-14-25-40(33(29-21-17-27(7-2)18-22-29)34(42)38-30-15-12-11-13-16-30)35(43)32(39-36(44)45-37(3,4)5)26-28-19-23-31(41)24-20-28/h2,17-24,30,32-33,41H,6,8-16,25-26H2,1,3-5H3,(H,38,42)(H,39,44). The molecular weight excluding hydrogens is 566 g/mol. The molecule has 2 aromatic rings. The van der Waals surface area contributed by atoms with Crippen LogP contribution in [0.15, 0.2) is 48.5 Å². The van der Waals surface area contributed by atoms with Crippen molar-refractivity contribution in [2.24, 2.45) is 0 Å². The minimum atomic E-state index is -1.02. The number of terminal acetylenes is 1. The average molecular weight is 618 g/mol. The number of nitrogens with zero attached hydrogens (tertiary/aromatic N) is 1. The van der Waals surface area contributed by atoms with Gasteiger partial charge in [0, 0.05) is 24.6 Å². The zero-order chi connectivity index (χ0) is 32.8. The highest BCUT2D eigenvalue weighted by Gasteiger charge is 2.37. The maximum absolute atomic E-state index is 14.7. The van der Waals surface area contributed by atoms with Crippen LogP contribution in [0.5, 0.6) is 5.75 Å². The molecule has 8 nitrogen and oxygen atoms in total. The van der Waals surface area contributed by atoms with Crippen LogP contribution < -0.4 is 10.6 Å². The van der Waals surface area contributed by atoms with Crippen molar-refractivity contribution in [3.63, 3.8) is 0 Å². The first-order valence-electron chi connectivity index (χ1n) is 16.5. The summed E-state index contributed by atoms with van der Waals surface area (Å²) in [5.74, 6) is 2.11. The number of hydrogen-bond donors (Lipinski definition) is 3. The fourth-order valence-electron chi connectivity index (χ4n) is 5.73. The van der Waals surface area contributed by atoms with Crippen LogP contribution in [-0.2, 0) is 20.7 Å². The molecule has 0 radical (unpaired) electrons. The molecule has 2 aromatic carbocycles. The number of phenols is 1. The Bertz CT molecular complexity index is 1270. The third-order valence-corrected chi connectivity index (χ3v) is 8.06. The Hall–Kier alpha value is -3.99. The van der Waals surface area contributed by atoms with Crippen molar-refractivity contribution in [3.05, 3.63) is 65.2 Å². The van der Waals surface area contributed by atoms with Gasteiger partial charge in [-0.25, -0.2) is 4.79 Å². The summed E-state index contributed by atoms with van der Waals surface area (Å²) in [6, 6.07) is 11.8. The number of aromatic hydroxyl groups is 1. The molecule has 1 saturated carbocycles. The van der Waals surface area contributed by atoms with Gasteiger partial charge in [-0.3, -0.25) is 9.59 Å². The van der Waals surface area contributed by atoms with Crippen LogP contribution in [0.3, 0.4) is 0 Å². The van der Waals surface area contributed by atoms with E-state index in [0.29, 0.717) is 24.1 Å². The number of amides is 3. The first-order valence-corrected chi connectivity index (χ1v) is 16.5. The van der Waals surface area contributed by atoms with Crippen molar-refractivity contribution in [3.8, 4) is 18.1 Å². The summed E-state index contributed by atoms with van der Waals surface area (Å²) in [4.78, 5) is 43.5. The summed E-state index contributed by atoms with van der Waals surface area (Å²) in [7, 11) is 0. The molecule has 0 aromatic heterocycles. The van der Waals surface area contributed by atoms with Crippen LogP contribution in [0.2, 0.25) is 0 Å². The van der Waals surface area contributed by atoms with Crippen molar-refractivity contribution in [1.29, 1.82) is 0 Å². The highest BCUT2D eigenvalue weighted by molar-refractivity contribution is 5.92. The second-order valence-electron chi connectivity index (χ2n) is 13.0. The van der Waals surface area contributed by atoms with Gasteiger partial charge >= 0.3 is 6.09 Å². The summed E-state index contributed by atoms with van der Waals surface area (Å²) >= 11 is 0. The van der Waals surface area contributed by atoms with Crippen molar-refractivity contribution in [1.82, 2.24) is 15.5 Å². The Morgan fingerprint density at radius 2 is 1.62 bits per heavy atom. The third kappa shape index (κ3) is 11.8. The number of unbranched alkanes of at least 4 members (excludes halogenated alkanes) is 4. The van der Waals surface area contributed by atoms with Crippen LogP contribution in [0.1, 0.15) is 115 Å². The summed E-state index contributed by atoms with van der Waals surface area (Å²) in [6.07, 6.45) is 15.0. The number of carbonyl (C=O) groups excluding carboxylic acids is 3. The SMILES string of the molecule is C#Cc1ccc(C(C(=O)NC2CCCCC2)N(CCCCCCC)C(=O)C(Cc2ccc(O)cc2)NC(=O)OC(C)(C)C)cc1. The molecule has 1 aliphatic carbocycles. The van der Waals surface area contributed by atoms with E-state index in [0.717, 1.165) is 63.4 Å². The van der Waals surface area contributed by atoms with Crippen LogP contribution in [0.4, 0.5) is 4.79 Å². The first-order chi connectivity index (χ1) is 21.5. The van der Waals surface area contributed by atoms with Crippen molar-refractivity contribution in [2.75, 3.05) is 6.54 Å². The van der Waals surface area contributed by atoms with Crippen molar-refractivity contribution in [2.45, 2.75) is 122 Å². The van der Waals surface area contributed by atoms with Crippen LogP contribution >= 0.6 is 0 Å². The molecule has 1 fully saturated rings. The minimum Gasteiger partial charge on any atom is -0.508 e. The van der Waals surface area contributed by atoms with Gasteiger partial charge in [-0.2, -0.15) is 0 Å². The number of benzene rings is 2. The lowest BCUT2D eigenvalue weighted by Gasteiger charge is -2.36. The fourth-order valence-corrected chi connectivity index (χ4v) is 5.73. The van der Waals surface area contributed by atoms with Gasteiger partial charge in [0.2, 0.25) is 11.8 Å². The highest BCUT2D eigenvalue weighted by Crippen LogP contribution is 2.27. The number of hydrogen-bond acceptors (Lipinski definition) is 5. The maximum Gasteiger partial charge on any atom is 0.408 e. The molecule has 3 amide bonds. The van der Waals surface area contributed by atoms with E-state index in [-0.39, 0.29) is 30.0 Å². The predicted octanol–water partition coefficient (Wildman–Crippen LogP) is 6.80. The Morgan fingerprint density at radius 1 is 0.978 bits per heavy atom. The zero-order valence-corrected chi connectivity index (χ0v) is 27.4. The number of phenolic OH excluding ortho intramolecular Hbond substituents is 1. The fraction of sp³-hybridized carbons (Fsp3) is 0.541. The second-order valence-corrected chi connectivity index (χ2v) is 13.0.